The van der Waals surface area contributed by atoms with Gasteiger partial charge in [0, 0.05) is 63.6 Å². The number of likely N-dealkylation sites (N-methyl/N-ethyl adjacent to an activating group) is 2. The van der Waals surface area contributed by atoms with Crippen LogP contribution in [0.1, 0.15) is 50.3 Å². The number of methoxy groups -OCH3 is 1. The molecule has 0 radical (unpaired) electrons. The maximum Gasteiger partial charge on any atom is 0.321 e. The molecule has 13 nitrogen and oxygen atoms in total. The quantitative estimate of drug-likeness (QED) is 0.304. The Kier molecular flexibility index (Phi) is 10.5. The molecular formula is C37H45N7O6S. The van der Waals surface area contributed by atoms with Crippen molar-refractivity contribution in [2.45, 2.75) is 50.1 Å². The lowest BCUT2D eigenvalue weighted by atomic mass is 9.81. The number of fused-ring (bicyclic) bond motifs is 1. The van der Waals surface area contributed by atoms with Crippen molar-refractivity contribution < 1.29 is 27.5 Å². The molecule has 0 N–H and O–H groups in total. The summed E-state index contributed by atoms with van der Waals surface area (Å²) in [5.41, 5.74) is -1.48. The Labute approximate surface area is 300 Å². The van der Waals surface area contributed by atoms with Crippen molar-refractivity contribution in [2.75, 3.05) is 70.4 Å². The van der Waals surface area contributed by atoms with Crippen LogP contribution in [0.2, 0.25) is 0 Å². The molecule has 14 heteroatoms. The molecule has 51 heavy (non-hydrogen) atoms. The summed E-state index contributed by atoms with van der Waals surface area (Å²) < 4.78 is 41.5. The van der Waals surface area contributed by atoms with Crippen LogP contribution in [0.3, 0.4) is 0 Å². The number of piperidine rings is 1. The van der Waals surface area contributed by atoms with Crippen LogP contribution in [0.5, 0.6) is 11.6 Å². The standard InChI is InChI=1S/C37H45N7O6S/c1-5-40-21-23-41(24-22-40)28-16-19-42(20-17-28)36(46)43(6-2)37(29-11-10-18-39-34(29)50-7-3)30-25-27(26-38)14-15-31(30)44(35(37)45)51(47,48)33-13-9-8-12-32(33)49-4/h8-15,18,25,28H,5-7,16-17,19-24H2,1-4H3. The van der Waals surface area contributed by atoms with Gasteiger partial charge < -0.3 is 24.2 Å². The third-order valence-electron chi connectivity index (χ3n) is 10.3. The number of hydrogen-bond acceptors (Lipinski definition) is 10. The predicted octanol–water partition coefficient (Wildman–Crippen LogP) is 3.88. The second-order valence-corrected chi connectivity index (χ2v) is 14.5. The molecule has 0 spiro atoms. The van der Waals surface area contributed by atoms with Crippen LogP contribution >= 0.6 is 0 Å². The van der Waals surface area contributed by atoms with Crippen molar-refractivity contribution in [1.29, 1.82) is 5.26 Å². The summed E-state index contributed by atoms with van der Waals surface area (Å²) in [6, 6.07) is 15.8. The van der Waals surface area contributed by atoms with Crippen molar-refractivity contribution in [3.05, 3.63) is 77.5 Å². The molecule has 1 atom stereocenters. The molecule has 0 bridgehead atoms. The average molecular weight is 716 g/mol. The molecule has 0 aliphatic carbocycles. The van der Waals surface area contributed by atoms with Gasteiger partial charge in [0.05, 0.1) is 36.6 Å². The summed E-state index contributed by atoms with van der Waals surface area (Å²) in [5.74, 6) is -0.780. The number of pyridine rings is 1. The SMILES string of the molecule is CCOc1ncccc1C1(N(CC)C(=O)N2CCC(N3CCN(CC)CC3)CC2)C(=O)N(S(=O)(=O)c2ccccc2OC)c2ccc(C#N)cc21. The zero-order valence-corrected chi connectivity index (χ0v) is 30.4. The van der Waals surface area contributed by atoms with Crippen LogP contribution in [0.15, 0.2) is 65.7 Å². The zero-order chi connectivity index (χ0) is 36.3. The molecule has 3 aliphatic rings. The predicted molar refractivity (Wildman–Crippen MR) is 191 cm³/mol. The Balaban J connectivity index is 1.48. The van der Waals surface area contributed by atoms with Crippen molar-refractivity contribution in [3.8, 4) is 17.7 Å². The largest absolute Gasteiger partial charge is 0.495 e. The number of rotatable bonds is 10. The lowest BCUT2D eigenvalue weighted by Gasteiger charge is -2.46. The minimum absolute atomic E-state index is 0.0207. The minimum atomic E-state index is -4.63. The molecule has 3 aromatic rings. The molecule has 6 rings (SSSR count). The normalized spacial score (nSPS) is 20.2. The van der Waals surface area contributed by atoms with Crippen molar-refractivity contribution in [1.82, 2.24) is 24.6 Å². The smallest absolute Gasteiger partial charge is 0.321 e. The zero-order valence-electron chi connectivity index (χ0n) is 29.6. The summed E-state index contributed by atoms with van der Waals surface area (Å²) in [6.07, 6.45) is 3.06. The van der Waals surface area contributed by atoms with Gasteiger partial charge in [0.15, 0.2) is 5.54 Å². The molecular weight excluding hydrogens is 671 g/mol. The molecule has 0 saturated carbocycles. The Morgan fingerprint density at radius 3 is 2.37 bits per heavy atom. The van der Waals surface area contributed by atoms with Gasteiger partial charge in [-0.25, -0.2) is 18.2 Å². The number of para-hydroxylation sites is 1. The Morgan fingerprint density at radius 2 is 1.73 bits per heavy atom. The monoisotopic (exact) mass is 715 g/mol. The highest BCUT2D eigenvalue weighted by Crippen LogP contribution is 2.53. The first-order chi connectivity index (χ1) is 24.7. The number of anilines is 1. The van der Waals surface area contributed by atoms with E-state index in [2.05, 4.69) is 27.8 Å². The van der Waals surface area contributed by atoms with E-state index < -0.39 is 27.5 Å². The summed E-state index contributed by atoms with van der Waals surface area (Å²) in [5, 5.41) is 10.0. The topological polar surface area (TPSA) is 140 Å². The lowest BCUT2D eigenvalue weighted by molar-refractivity contribution is -0.125. The van der Waals surface area contributed by atoms with Gasteiger partial charge in [0.2, 0.25) is 5.88 Å². The Morgan fingerprint density at radius 1 is 1.00 bits per heavy atom. The van der Waals surface area contributed by atoms with Gasteiger partial charge in [-0.3, -0.25) is 9.69 Å². The van der Waals surface area contributed by atoms with Gasteiger partial charge in [-0.2, -0.15) is 9.57 Å². The summed E-state index contributed by atoms with van der Waals surface area (Å²) in [6.45, 7) is 11.9. The number of carbonyl (C=O) groups excluding carboxylic acids is 2. The van der Waals surface area contributed by atoms with E-state index in [0.29, 0.717) is 19.1 Å². The fraction of sp³-hybridized carbons (Fsp3) is 0.459. The number of sulfonamides is 1. The number of nitrogens with zero attached hydrogens (tertiary/aromatic N) is 7. The lowest BCUT2D eigenvalue weighted by Crippen LogP contribution is -2.61. The van der Waals surface area contributed by atoms with Crippen molar-refractivity contribution >= 4 is 27.6 Å². The fourth-order valence-electron chi connectivity index (χ4n) is 7.75. The second-order valence-electron chi connectivity index (χ2n) is 12.8. The molecule has 2 aromatic carbocycles. The van der Waals surface area contributed by atoms with Crippen LogP contribution in [0.25, 0.3) is 0 Å². The van der Waals surface area contributed by atoms with E-state index in [9.17, 15) is 18.5 Å². The number of likely N-dealkylation sites (tertiary alicyclic amines) is 1. The molecule has 3 amide bonds. The number of aromatic nitrogens is 1. The van der Waals surface area contributed by atoms with E-state index >= 15 is 4.79 Å². The maximum absolute atomic E-state index is 15.5. The highest BCUT2D eigenvalue weighted by atomic mass is 32.2. The second kappa shape index (κ2) is 14.9. The number of ether oxygens (including phenoxy) is 2. The first-order valence-corrected chi connectivity index (χ1v) is 19.0. The maximum atomic E-state index is 15.5. The summed E-state index contributed by atoms with van der Waals surface area (Å²) in [7, 11) is -3.28. The van der Waals surface area contributed by atoms with E-state index in [4.69, 9.17) is 9.47 Å². The molecule has 1 aromatic heterocycles. The van der Waals surface area contributed by atoms with E-state index in [0.717, 1.165) is 49.9 Å². The number of piperazine rings is 1. The molecule has 270 valence electrons. The molecule has 3 aliphatic heterocycles. The van der Waals surface area contributed by atoms with Crippen LogP contribution in [-0.2, 0) is 20.4 Å². The van der Waals surface area contributed by atoms with E-state index in [1.54, 1.807) is 43.0 Å². The highest BCUT2D eigenvalue weighted by Gasteiger charge is 2.62. The summed E-state index contributed by atoms with van der Waals surface area (Å²) in [4.78, 5) is 42.8. The average Bonchev–Trinajstić information content (AvgIpc) is 3.43. The molecule has 2 fully saturated rings. The highest BCUT2D eigenvalue weighted by molar-refractivity contribution is 7.93. The number of benzene rings is 2. The molecule has 4 heterocycles. The van der Waals surface area contributed by atoms with Crippen LogP contribution in [0.4, 0.5) is 10.5 Å². The van der Waals surface area contributed by atoms with Crippen LogP contribution in [-0.4, -0.2) is 117 Å². The number of carbonyl (C=O) groups is 2. The third kappa shape index (κ3) is 6.17. The van der Waals surface area contributed by atoms with Crippen LogP contribution in [0, 0.1) is 11.3 Å². The van der Waals surface area contributed by atoms with Gasteiger partial charge >= 0.3 is 6.03 Å². The van der Waals surface area contributed by atoms with E-state index in [-0.39, 0.29) is 52.1 Å². The molecule has 1 unspecified atom stereocenters. The fourth-order valence-corrected chi connectivity index (χ4v) is 9.37. The van der Waals surface area contributed by atoms with Gasteiger partial charge in [-0.1, -0.05) is 19.1 Å². The number of urea groups is 1. The van der Waals surface area contributed by atoms with Crippen molar-refractivity contribution in [3.63, 3.8) is 0 Å². The first-order valence-electron chi connectivity index (χ1n) is 17.6. The Hall–Kier alpha value is -4.71. The van der Waals surface area contributed by atoms with Crippen molar-refractivity contribution in [2.24, 2.45) is 0 Å². The van der Waals surface area contributed by atoms with E-state index in [1.807, 2.05) is 0 Å². The van der Waals surface area contributed by atoms with Gasteiger partial charge in [-0.05, 0) is 75.7 Å². The summed E-state index contributed by atoms with van der Waals surface area (Å²) >= 11 is 0. The minimum Gasteiger partial charge on any atom is -0.495 e. The Bertz CT molecular complexity index is 1920. The van der Waals surface area contributed by atoms with E-state index in [1.165, 1.54) is 48.5 Å². The number of amides is 3. The van der Waals surface area contributed by atoms with Gasteiger partial charge in [-0.15, -0.1) is 0 Å². The number of nitriles is 1. The van der Waals surface area contributed by atoms with Gasteiger partial charge in [0.1, 0.15) is 10.6 Å². The number of hydrogen-bond donors (Lipinski definition) is 0. The third-order valence-corrected chi connectivity index (χ3v) is 12.1. The first kappa shape index (κ1) is 36.1. The molecule has 2 saturated heterocycles. The van der Waals surface area contributed by atoms with Crippen LogP contribution < -0.4 is 13.8 Å². The van der Waals surface area contributed by atoms with Gasteiger partial charge in [0.25, 0.3) is 15.9 Å².